The van der Waals surface area contributed by atoms with Gasteiger partial charge in [-0.2, -0.15) is 11.8 Å². The van der Waals surface area contributed by atoms with Crippen LogP contribution in [-0.4, -0.2) is 5.91 Å². The third-order valence-electron chi connectivity index (χ3n) is 3.96. The highest BCUT2D eigenvalue weighted by Crippen LogP contribution is 2.18. The van der Waals surface area contributed by atoms with E-state index < -0.39 is 0 Å². The molecule has 0 bridgehead atoms. The fourth-order valence-corrected chi connectivity index (χ4v) is 3.58. The molecule has 132 valence electrons. The summed E-state index contributed by atoms with van der Waals surface area (Å²) in [7, 11) is 0. The van der Waals surface area contributed by atoms with Crippen LogP contribution in [0.15, 0.2) is 78.9 Å². The summed E-state index contributed by atoms with van der Waals surface area (Å²) in [5.41, 5.74) is 4.25. The van der Waals surface area contributed by atoms with Crippen LogP contribution in [-0.2, 0) is 18.1 Å². The summed E-state index contributed by atoms with van der Waals surface area (Å²) in [5.74, 6) is 1.86. The number of carbonyl (C=O) groups is 1. The Morgan fingerprint density at radius 1 is 0.769 bits per heavy atom. The van der Waals surface area contributed by atoms with Crippen molar-refractivity contribution < 1.29 is 4.79 Å². The lowest BCUT2D eigenvalue weighted by molar-refractivity contribution is 0.0951. The van der Waals surface area contributed by atoms with Crippen molar-refractivity contribution in [3.8, 4) is 0 Å². The minimum atomic E-state index is -0.0663. The number of hydrogen-bond donors (Lipinski definition) is 1. The van der Waals surface area contributed by atoms with Crippen molar-refractivity contribution in [3.63, 3.8) is 0 Å². The summed E-state index contributed by atoms with van der Waals surface area (Å²) in [6.45, 7) is 0.491. The predicted octanol–water partition coefficient (Wildman–Crippen LogP) is 5.70. The molecule has 4 heteroatoms. The third-order valence-corrected chi connectivity index (χ3v) is 5.29. The molecule has 0 unspecified atom stereocenters. The number of amides is 1. The van der Waals surface area contributed by atoms with Gasteiger partial charge < -0.3 is 5.32 Å². The van der Waals surface area contributed by atoms with Crippen LogP contribution in [0.25, 0.3) is 0 Å². The molecular formula is C22H20ClNOS. The van der Waals surface area contributed by atoms with E-state index in [0.29, 0.717) is 17.1 Å². The lowest BCUT2D eigenvalue weighted by Crippen LogP contribution is -2.22. The summed E-state index contributed by atoms with van der Waals surface area (Å²) in [5, 5.41) is 3.63. The van der Waals surface area contributed by atoms with Gasteiger partial charge >= 0.3 is 0 Å². The molecule has 0 spiro atoms. The summed E-state index contributed by atoms with van der Waals surface area (Å²) in [6.07, 6.45) is 0. The smallest absolute Gasteiger partial charge is 0.251 e. The summed E-state index contributed by atoms with van der Waals surface area (Å²) < 4.78 is 0. The van der Waals surface area contributed by atoms with Gasteiger partial charge in [-0.15, -0.1) is 0 Å². The SMILES string of the molecule is O=C(NCc1ccc(Cl)cc1)c1ccc(CSCc2ccccc2)cc1. The maximum absolute atomic E-state index is 12.3. The van der Waals surface area contributed by atoms with Crippen molar-refractivity contribution in [2.45, 2.75) is 18.1 Å². The number of nitrogens with one attached hydrogen (secondary N) is 1. The summed E-state index contributed by atoms with van der Waals surface area (Å²) in [4.78, 5) is 12.3. The molecule has 0 heterocycles. The molecular weight excluding hydrogens is 362 g/mol. The van der Waals surface area contributed by atoms with Crippen LogP contribution in [0.4, 0.5) is 0 Å². The Hall–Kier alpha value is -2.23. The lowest BCUT2D eigenvalue weighted by Gasteiger charge is -2.07. The fraction of sp³-hybridized carbons (Fsp3) is 0.136. The average molecular weight is 382 g/mol. The first-order valence-corrected chi connectivity index (χ1v) is 9.97. The zero-order valence-electron chi connectivity index (χ0n) is 14.3. The van der Waals surface area contributed by atoms with Crippen molar-refractivity contribution in [2.75, 3.05) is 0 Å². The molecule has 0 saturated heterocycles. The summed E-state index contributed by atoms with van der Waals surface area (Å²) in [6, 6.07) is 25.7. The Morgan fingerprint density at radius 3 is 2.00 bits per heavy atom. The molecule has 0 radical (unpaired) electrons. The van der Waals surface area contributed by atoms with E-state index in [2.05, 4.69) is 29.6 Å². The van der Waals surface area contributed by atoms with E-state index in [1.165, 1.54) is 11.1 Å². The zero-order valence-corrected chi connectivity index (χ0v) is 15.9. The first-order valence-electron chi connectivity index (χ1n) is 8.44. The van der Waals surface area contributed by atoms with E-state index >= 15 is 0 Å². The van der Waals surface area contributed by atoms with Crippen LogP contribution < -0.4 is 5.32 Å². The monoisotopic (exact) mass is 381 g/mol. The minimum absolute atomic E-state index is 0.0663. The van der Waals surface area contributed by atoms with Gasteiger partial charge in [-0.05, 0) is 41.0 Å². The zero-order chi connectivity index (χ0) is 18.2. The van der Waals surface area contributed by atoms with Gasteiger partial charge in [0.25, 0.3) is 5.91 Å². The van der Waals surface area contributed by atoms with Gasteiger partial charge in [0.2, 0.25) is 0 Å². The van der Waals surface area contributed by atoms with Crippen molar-refractivity contribution in [2.24, 2.45) is 0 Å². The molecule has 1 amide bonds. The van der Waals surface area contributed by atoms with Gasteiger partial charge in [-0.1, -0.05) is 66.2 Å². The highest BCUT2D eigenvalue weighted by atomic mass is 35.5. The molecule has 0 atom stereocenters. The first kappa shape index (κ1) is 18.6. The average Bonchev–Trinajstić information content (AvgIpc) is 2.69. The van der Waals surface area contributed by atoms with E-state index in [1.54, 1.807) is 0 Å². The number of halogens is 1. The molecule has 0 aliphatic heterocycles. The van der Waals surface area contributed by atoms with Crippen LogP contribution in [0.5, 0.6) is 0 Å². The topological polar surface area (TPSA) is 29.1 Å². The number of rotatable bonds is 7. The van der Waals surface area contributed by atoms with Gasteiger partial charge in [0.1, 0.15) is 0 Å². The van der Waals surface area contributed by atoms with Crippen LogP contribution in [0.2, 0.25) is 5.02 Å². The molecule has 2 nitrogen and oxygen atoms in total. The fourth-order valence-electron chi connectivity index (χ4n) is 2.50. The van der Waals surface area contributed by atoms with Gasteiger partial charge in [-0.3, -0.25) is 4.79 Å². The van der Waals surface area contributed by atoms with E-state index in [4.69, 9.17) is 11.6 Å². The highest BCUT2D eigenvalue weighted by Gasteiger charge is 2.05. The van der Waals surface area contributed by atoms with Crippen LogP contribution in [0.3, 0.4) is 0 Å². The first-order chi connectivity index (χ1) is 12.7. The maximum Gasteiger partial charge on any atom is 0.251 e. The Bertz CT molecular complexity index is 832. The molecule has 3 aromatic rings. The molecule has 0 aromatic heterocycles. The Morgan fingerprint density at radius 2 is 1.35 bits per heavy atom. The molecule has 0 saturated carbocycles. The van der Waals surface area contributed by atoms with Crippen molar-refractivity contribution in [1.29, 1.82) is 0 Å². The van der Waals surface area contributed by atoms with Crippen LogP contribution in [0, 0.1) is 0 Å². The number of thioether (sulfide) groups is 1. The predicted molar refractivity (Wildman–Crippen MR) is 111 cm³/mol. The summed E-state index contributed by atoms with van der Waals surface area (Å²) >= 11 is 7.74. The molecule has 0 aliphatic carbocycles. The third kappa shape index (κ3) is 5.65. The number of hydrogen-bond acceptors (Lipinski definition) is 2. The normalized spacial score (nSPS) is 10.5. The Kier molecular flexibility index (Phi) is 6.75. The van der Waals surface area contributed by atoms with Gasteiger partial charge in [0, 0.05) is 28.6 Å². The molecule has 0 fully saturated rings. The van der Waals surface area contributed by atoms with Crippen molar-refractivity contribution in [3.05, 3.63) is 106 Å². The molecule has 3 rings (SSSR count). The van der Waals surface area contributed by atoms with Crippen LogP contribution >= 0.6 is 23.4 Å². The molecule has 3 aromatic carbocycles. The molecule has 0 aliphatic rings. The quantitative estimate of drug-likeness (QED) is 0.568. The molecule has 26 heavy (non-hydrogen) atoms. The van der Waals surface area contributed by atoms with Gasteiger partial charge in [-0.25, -0.2) is 0 Å². The van der Waals surface area contributed by atoms with Gasteiger partial charge in [0.05, 0.1) is 0 Å². The second-order valence-corrected chi connectivity index (χ2v) is 7.41. The van der Waals surface area contributed by atoms with Crippen molar-refractivity contribution in [1.82, 2.24) is 5.32 Å². The second-order valence-electron chi connectivity index (χ2n) is 5.98. The lowest BCUT2D eigenvalue weighted by atomic mass is 10.1. The Labute approximate surface area is 163 Å². The van der Waals surface area contributed by atoms with E-state index in [0.717, 1.165) is 17.1 Å². The van der Waals surface area contributed by atoms with Crippen molar-refractivity contribution >= 4 is 29.3 Å². The largest absolute Gasteiger partial charge is 0.348 e. The standard InChI is InChI=1S/C22H20ClNOS/c23-21-12-8-17(9-13-21)14-24-22(25)20-10-6-19(7-11-20)16-26-15-18-4-2-1-3-5-18/h1-13H,14-16H2,(H,24,25). The van der Waals surface area contributed by atoms with E-state index in [1.807, 2.05) is 66.4 Å². The van der Waals surface area contributed by atoms with E-state index in [9.17, 15) is 4.79 Å². The number of benzene rings is 3. The highest BCUT2D eigenvalue weighted by molar-refractivity contribution is 7.97. The number of carbonyl (C=O) groups excluding carboxylic acids is 1. The maximum atomic E-state index is 12.3. The minimum Gasteiger partial charge on any atom is -0.348 e. The second kappa shape index (κ2) is 9.46. The van der Waals surface area contributed by atoms with E-state index in [-0.39, 0.29) is 5.91 Å². The van der Waals surface area contributed by atoms with Gasteiger partial charge in [0.15, 0.2) is 0 Å². The Balaban J connectivity index is 1.47. The molecule has 1 N–H and O–H groups in total. The van der Waals surface area contributed by atoms with Crippen LogP contribution in [0.1, 0.15) is 27.0 Å².